The summed E-state index contributed by atoms with van der Waals surface area (Å²) in [5.74, 6) is 0.000701. The second-order valence-corrected chi connectivity index (χ2v) is 7.28. The first kappa shape index (κ1) is 16.5. The van der Waals surface area contributed by atoms with Crippen molar-refractivity contribution in [2.45, 2.75) is 19.3 Å². The molecular weight excluding hydrogens is 348 g/mol. The Morgan fingerprint density at radius 3 is 2.88 bits per heavy atom. The Hall–Kier alpha value is -2.93. The fourth-order valence-corrected chi connectivity index (χ4v) is 4.38. The summed E-state index contributed by atoms with van der Waals surface area (Å²) in [5.41, 5.74) is 7.32. The van der Waals surface area contributed by atoms with Crippen LogP contribution in [0.4, 0.5) is 5.95 Å². The van der Waals surface area contributed by atoms with Crippen LogP contribution in [0.1, 0.15) is 22.4 Å². The Balaban J connectivity index is 1.52. The zero-order chi connectivity index (χ0) is 18.1. The molecule has 7 heteroatoms. The van der Waals surface area contributed by atoms with Crippen molar-refractivity contribution in [2.24, 2.45) is 7.05 Å². The molecule has 0 aliphatic heterocycles. The van der Waals surface area contributed by atoms with Crippen molar-refractivity contribution < 1.29 is 4.79 Å². The van der Waals surface area contributed by atoms with E-state index in [1.165, 1.54) is 15.5 Å². The Morgan fingerprint density at radius 2 is 2.08 bits per heavy atom. The number of nitrogens with one attached hydrogen (secondary N) is 2. The normalized spacial score (nSPS) is 13.3. The van der Waals surface area contributed by atoms with Gasteiger partial charge in [-0.2, -0.15) is 0 Å². The van der Waals surface area contributed by atoms with Crippen LogP contribution in [0.3, 0.4) is 0 Å². The summed E-state index contributed by atoms with van der Waals surface area (Å²) in [6.07, 6.45) is 6.21. The molecular formula is C19H18N4O2S. The van der Waals surface area contributed by atoms with Gasteiger partial charge in [-0.1, -0.05) is 30.3 Å². The minimum Gasteiger partial charge on any atom is -0.280 e. The van der Waals surface area contributed by atoms with Crippen molar-refractivity contribution in [1.82, 2.24) is 15.0 Å². The highest BCUT2D eigenvalue weighted by Crippen LogP contribution is 2.34. The number of carbonyl (C=O) groups is 1. The molecule has 1 amide bonds. The van der Waals surface area contributed by atoms with Crippen LogP contribution >= 0.6 is 11.3 Å². The number of aromatic nitrogens is 2. The molecule has 132 valence electrons. The van der Waals surface area contributed by atoms with Gasteiger partial charge in [0.25, 0.3) is 11.5 Å². The predicted molar refractivity (Wildman–Crippen MR) is 104 cm³/mol. The molecule has 0 fully saturated rings. The highest BCUT2D eigenvalue weighted by atomic mass is 32.1. The number of benzene rings is 1. The number of hydrogen-bond acceptors (Lipinski definition) is 5. The van der Waals surface area contributed by atoms with Crippen LogP contribution in [0.25, 0.3) is 16.3 Å². The quantitative estimate of drug-likeness (QED) is 0.550. The maximum absolute atomic E-state index is 12.7. The van der Waals surface area contributed by atoms with Crippen molar-refractivity contribution in [3.8, 4) is 0 Å². The predicted octanol–water partition coefficient (Wildman–Crippen LogP) is 2.64. The van der Waals surface area contributed by atoms with Crippen LogP contribution in [0.2, 0.25) is 0 Å². The third kappa shape index (κ3) is 3.01. The molecule has 2 N–H and O–H groups in total. The first-order valence-corrected chi connectivity index (χ1v) is 9.25. The Bertz CT molecular complexity index is 1070. The smallest absolute Gasteiger partial charge is 0.263 e. The lowest BCUT2D eigenvalue weighted by molar-refractivity contribution is -0.116. The van der Waals surface area contributed by atoms with Crippen LogP contribution in [0.15, 0.2) is 41.2 Å². The van der Waals surface area contributed by atoms with Crippen molar-refractivity contribution in [1.29, 1.82) is 0 Å². The van der Waals surface area contributed by atoms with E-state index < -0.39 is 0 Å². The Labute approximate surface area is 154 Å². The molecule has 4 rings (SSSR count). The van der Waals surface area contributed by atoms with Crippen molar-refractivity contribution in [3.05, 3.63) is 62.8 Å². The van der Waals surface area contributed by atoms with E-state index >= 15 is 0 Å². The molecule has 6 nitrogen and oxygen atoms in total. The lowest BCUT2D eigenvalue weighted by atomic mass is 10.2. The van der Waals surface area contributed by atoms with Gasteiger partial charge in [-0.05, 0) is 36.5 Å². The molecule has 1 aliphatic rings. The van der Waals surface area contributed by atoms with Gasteiger partial charge in [0.1, 0.15) is 4.83 Å². The first-order chi connectivity index (χ1) is 12.6. The van der Waals surface area contributed by atoms with E-state index in [1.807, 2.05) is 30.3 Å². The number of anilines is 1. The summed E-state index contributed by atoms with van der Waals surface area (Å²) >= 11 is 1.57. The van der Waals surface area contributed by atoms with Crippen LogP contribution < -0.4 is 16.4 Å². The summed E-state index contributed by atoms with van der Waals surface area (Å²) < 4.78 is 1.44. The average molecular weight is 366 g/mol. The van der Waals surface area contributed by atoms with Crippen LogP contribution in [-0.2, 0) is 24.7 Å². The maximum Gasteiger partial charge on any atom is 0.263 e. The number of thiophene rings is 1. The molecule has 2 aromatic heterocycles. The summed E-state index contributed by atoms with van der Waals surface area (Å²) in [6.45, 7) is 0. The number of amides is 1. The molecule has 0 atom stereocenters. The largest absolute Gasteiger partial charge is 0.280 e. The SMILES string of the molecule is Cn1c(NNC(=O)C=Cc2ccccc2)nc2sc3c(c2c1=O)CCC3. The highest BCUT2D eigenvalue weighted by Gasteiger charge is 2.22. The topological polar surface area (TPSA) is 76.0 Å². The van der Waals surface area contributed by atoms with E-state index in [9.17, 15) is 9.59 Å². The molecule has 0 saturated carbocycles. The lowest BCUT2D eigenvalue weighted by Crippen LogP contribution is -2.32. The molecule has 26 heavy (non-hydrogen) atoms. The molecule has 2 heterocycles. The van der Waals surface area contributed by atoms with E-state index in [0.29, 0.717) is 5.95 Å². The number of hydrogen-bond donors (Lipinski definition) is 2. The van der Waals surface area contributed by atoms with Gasteiger partial charge in [0.15, 0.2) is 0 Å². The van der Waals surface area contributed by atoms with Crippen LogP contribution in [0.5, 0.6) is 0 Å². The highest BCUT2D eigenvalue weighted by molar-refractivity contribution is 7.18. The third-order valence-corrected chi connectivity index (χ3v) is 5.66. The van der Waals surface area contributed by atoms with Gasteiger partial charge in [0.05, 0.1) is 5.39 Å². The Kier molecular flexibility index (Phi) is 4.30. The van der Waals surface area contributed by atoms with Crippen molar-refractivity contribution in [2.75, 3.05) is 5.43 Å². The van der Waals surface area contributed by atoms with Gasteiger partial charge in [0.2, 0.25) is 5.95 Å². The van der Waals surface area contributed by atoms with Crippen LogP contribution in [0, 0.1) is 0 Å². The summed E-state index contributed by atoms with van der Waals surface area (Å²) in [6, 6.07) is 9.55. The van der Waals surface area contributed by atoms with E-state index in [1.54, 1.807) is 24.5 Å². The van der Waals surface area contributed by atoms with E-state index in [2.05, 4.69) is 15.8 Å². The molecule has 0 bridgehead atoms. The summed E-state index contributed by atoms with van der Waals surface area (Å²) in [4.78, 5) is 31.2. The maximum atomic E-state index is 12.7. The molecule has 0 saturated heterocycles. The van der Waals surface area contributed by atoms with Crippen molar-refractivity contribution in [3.63, 3.8) is 0 Å². The van der Waals surface area contributed by atoms with E-state index in [4.69, 9.17) is 0 Å². The standard InChI is InChI=1S/C19H18N4O2S/c1-23-18(25)16-13-8-5-9-14(13)26-17(16)20-19(23)22-21-15(24)11-10-12-6-3-2-4-7-12/h2-4,6-7,10-11H,5,8-9H2,1H3,(H,20,22)(H,21,24). The molecule has 0 radical (unpaired) electrons. The minimum absolute atomic E-state index is 0.0778. The minimum atomic E-state index is -0.322. The number of carbonyl (C=O) groups excluding carboxylic acids is 1. The zero-order valence-electron chi connectivity index (χ0n) is 14.3. The van der Waals surface area contributed by atoms with Gasteiger partial charge < -0.3 is 0 Å². The summed E-state index contributed by atoms with van der Waals surface area (Å²) in [5, 5.41) is 0.728. The number of rotatable bonds is 4. The van der Waals surface area contributed by atoms with Crippen LogP contribution in [-0.4, -0.2) is 15.5 Å². The molecule has 0 unspecified atom stereocenters. The average Bonchev–Trinajstić information content (AvgIpc) is 3.23. The van der Waals surface area contributed by atoms with Crippen molar-refractivity contribution >= 4 is 39.5 Å². The number of aryl methyl sites for hydroxylation is 2. The lowest BCUT2D eigenvalue weighted by Gasteiger charge is -2.10. The Morgan fingerprint density at radius 1 is 1.27 bits per heavy atom. The molecule has 0 spiro atoms. The van der Waals surface area contributed by atoms with Gasteiger partial charge in [-0.15, -0.1) is 11.3 Å². The number of nitrogens with zero attached hydrogens (tertiary/aromatic N) is 2. The second kappa shape index (κ2) is 6.76. The summed E-state index contributed by atoms with van der Waals surface area (Å²) in [7, 11) is 1.65. The number of fused-ring (bicyclic) bond motifs is 3. The fraction of sp³-hybridized carbons (Fsp3) is 0.211. The third-order valence-electron chi connectivity index (χ3n) is 4.47. The molecule has 1 aliphatic carbocycles. The van der Waals surface area contributed by atoms with Gasteiger partial charge in [0, 0.05) is 18.0 Å². The first-order valence-electron chi connectivity index (χ1n) is 8.44. The second-order valence-electron chi connectivity index (χ2n) is 6.20. The van der Waals surface area contributed by atoms with Gasteiger partial charge in [-0.25, -0.2) is 4.98 Å². The van der Waals surface area contributed by atoms with E-state index in [-0.39, 0.29) is 11.5 Å². The fourth-order valence-electron chi connectivity index (χ4n) is 3.13. The molecule has 3 aromatic rings. The number of hydrazine groups is 1. The van der Waals surface area contributed by atoms with Gasteiger partial charge >= 0.3 is 0 Å². The molecule has 1 aromatic carbocycles. The zero-order valence-corrected chi connectivity index (χ0v) is 15.1. The monoisotopic (exact) mass is 366 g/mol. The van der Waals surface area contributed by atoms with E-state index in [0.717, 1.165) is 40.6 Å². The van der Waals surface area contributed by atoms with Gasteiger partial charge in [-0.3, -0.25) is 25.0 Å².